The number of amides is 1. The number of rotatable bonds is 5. The fourth-order valence-electron chi connectivity index (χ4n) is 1.21. The van der Waals surface area contributed by atoms with Crippen molar-refractivity contribution in [3.8, 4) is 0 Å². The highest BCUT2D eigenvalue weighted by molar-refractivity contribution is 5.86. The van der Waals surface area contributed by atoms with Crippen molar-refractivity contribution in [1.82, 2.24) is 4.90 Å². The molecule has 1 heterocycles. The summed E-state index contributed by atoms with van der Waals surface area (Å²) in [5, 5.41) is 17.1. The first-order chi connectivity index (χ1) is 8.92. The Bertz CT molecular complexity index is 340. The van der Waals surface area contributed by atoms with Crippen molar-refractivity contribution in [1.29, 1.82) is 0 Å². The minimum atomic E-state index is -1.00. The van der Waals surface area contributed by atoms with E-state index in [9.17, 15) is 9.59 Å². The average molecular weight is 271 g/mol. The molecule has 1 aliphatic heterocycles. The summed E-state index contributed by atoms with van der Waals surface area (Å²) in [6, 6.07) is 0. The highest BCUT2D eigenvalue weighted by Crippen LogP contribution is 2.08. The number of hydrogen-bond donors (Lipinski definition) is 2. The molecule has 0 bridgehead atoms. The van der Waals surface area contributed by atoms with Crippen molar-refractivity contribution < 1.29 is 24.5 Å². The summed E-state index contributed by atoms with van der Waals surface area (Å²) >= 11 is 0. The van der Waals surface area contributed by atoms with Crippen molar-refractivity contribution in [2.75, 3.05) is 19.8 Å². The molecule has 0 radical (unpaired) electrons. The summed E-state index contributed by atoms with van der Waals surface area (Å²) in [6.07, 6.45) is 2.28. The fraction of sp³-hybridized carbons (Fsp3) is 0.538. The smallest absolute Gasteiger partial charge is 0.333 e. The molecule has 6 nitrogen and oxygen atoms in total. The molecule has 1 amide bonds. The zero-order valence-electron chi connectivity index (χ0n) is 11.2. The Morgan fingerprint density at radius 3 is 2.58 bits per heavy atom. The van der Waals surface area contributed by atoms with Crippen LogP contribution in [0, 0.1) is 0 Å². The lowest BCUT2D eigenvalue weighted by atomic mass is 10.3. The van der Waals surface area contributed by atoms with E-state index in [1.165, 1.54) is 6.92 Å². The number of aliphatic hydroxyl groups is 2. The van der Waals surface area contributed by atoms with E-state index in [-0.39, 0.29) is 18.1 Å². The Kier molecular flexibility index (Phi) is 8.48. The van der Waals surface area contributed by atoms with Gasteiger partial charge in [-0.05, 0) is 19.5 Å². The number of hydrogen-bond acceptors (Lipinski definition) is 5. The molecule has 1 unspecified atom stereocenters. The van der Waals surface area contributed by atoms with Crippen LogP contribution in [0.3, 0.4) is 0 Å². The first-order valence-electron chi connectivity index (χ1n) is 5.96. The molecule has 19 heavy (non-hydrogen) atoms. The molecule has 0 spiro atoms. The third kappa shape index (κ3) is 7.38. The maximum absolute atomic E-state index is 10.7. The van der Waals surface area contributed by atoms with E-state index in [1.807, 2.05) is 0 Å². The summed E-state index contributed by atoms with van der Waals surface area (Å²) in [5.74, 6) is -0.350. The zero-order chi connectivity index (χ0) is 14.8. The zero-order valence-corrected chi connectivity index (χ0v) is 11.2. The van der Waals surface area contributed by atoms with E-state index in [4.69, 9.17) is 10.2 Å². The summed E-state index contributed by atoms with van der Waals surface area (Å²) < 4.78 is 4.51. The van der Waals surface area contributed by atoms with Gasteiger partial charge in [-0.25, -0.2) is 4.79 Å². The van der Waals surface area contributed by atoms with Gasteiger partial charge in [-0.2, -0.15) is 0 Å². The van der Waals surface area contributed by atoms with Gasteiger partial charge in [-0.15, -0.1) is 0 Å². The number of aliphatic hydroxyl groups excluding tert-OH is 2. The van der Waals surface area contributed by atoms with E-state index in [0.717, 1.165) is 13.0 Å². The van der Waals surface area contributed by atoms with Gasteiger partial charge in [0.15, 0.2) is 0 Å². The fourth-order valence-corrected chi connectivity index (χ4v) is 1.21. The molecule has 108 valence electrons. The van der Waals surface area contributed by atoms with Crippen molar-refractivity contribution in [2.45, 2.75) is 25.9 Å². The highest BCUT2D eigenvalue weighted by atomic mass is 16.5. The Morgan fingerprint density at radius 1 is 1.63 bits per heavy atom. The van der Waals surface area contributed by atoms with Crippen LogP contribution in [0.4, 0.5) is 0 Å². The van der Waals surface area contributed by atoms with E-state index in [1.54, 1.807) is 11.1 Å². The predicted octanol–water partition coefficient (Wildman–Crippen LogP) is 0.211. The van der Waals surface area contributed by atoms with Gasteiger partial charge in [0.2, 0.25) is 5.91 Å². The van der Waals surface area contributed by atoms with Gasteiger partial charge in [-0.3, -0.25) is 4.79 Å². The molecule has 0 aromatic carbocycles. The molecular weight excluding hydrogens is 250 g/mol. The second-order valence-electron chi connectivity index (χ2n) is 4.09. The molecule has 2 N–H and O–H groups in total. The third-order valence-corrected chi connectivity index (χ3v) is 2.30. The van der Waals surface area contributed by atoms with Crippen LogP contribution in [0.2, 0.25) is 0 Å². The van der Waals surface area contributed by atoms with Crippen LogP contribution in [0.5, 0.6) is 0 Å². The van der Waals surface area contributed by atoms with Gasteiger partial charge in [0.05, 0.1) is 6.61 Å². The van der Waals surface area contributed by atoms with Gasteiger partial charge in [0, 0.05) is 18.5 Å². The lowest BCUT2D eigenvalue weighted by Gasteiger charge is -2.07. The standard InChI is InChI=1S/C7H12O4.C6H9NO/c1-5(2)7(10)11-4-6(9)3-8;1-2-7-5-3-4-6(7)8/h6,8-9H,1,3-4H2,2H3;2H,1,3-5H2. The molecule has 1 aliphatic rings. The Hall–Kier alpha value is -1.66. The van der Waals surface area contributed by atoms with Crippen molar-refractivity contribution >= 4 is 11.9 Å². The van der Waals surface area contributed by atoms with Crippen LogP contribution in [0.1, 0.15) is 19.8 Å². The second-order valence-corrected chi connectivity index (χ2v) is 4.09. The minimum Gasteiger partial charge on any atom is -0.460 e. The summed E-state index contributed by atoms with van der Waals surface area (Å²) in [4.78, 5) is 23.0. The monoisotopic (exact) mass is 271 g/mol. The van der Waals surface area contributed by atoms with Gasteiger partial charge in [-0.1, -0.05) is 13.2 Å². The van der Waals surface area contributed by atoms with Gasteiger partial charge < -0.3 is 19.8 Å². The number of esters is 1. The molecular formula is C13H21NO5. The number of carbonyl (C=O) groups is 2. The van der Waals surface area contributed by atoms with Gasteiger partial charge in [0.25, 0.3) is 0 Å². The van der Waals surface area contributed by atoms with Crippen LogP contribution in [-0.2, 0) is 14.3 Å². The topological polar surface area (TPSA) is 87.1 Å². The van der Waals surface area contributed by atoms with Crippen molar-refractivity contribution in [2.24, 2.45) is 0 Å². The number of carbonyl (C=O) groups excluding carboxylic acids is 2. The minimum absolute atomic E-state index is 0.192. The number of ether oxygens (including phenoxy) is 1. The van der Waals surface area contributed by atoms with Gasteiger partial charge >= 0.3 is 5.97 Å². The highest BCUT2D eigenvalue weighted by Gasteiger charge is 2.16. The SMILES string of the molecule is C=C(C)C(=O)OCC(O)CO.C=CN1CCCC1=O. The van der Waals surface area contributed by atoms with Crippen LogP contribution < -0.4 is 0 Å². The summed E-state index contributed by atoms with van der Waals surface area (Å²) in [6.45, 7) is 8.60. The molecule has 1 rings (SSSR count). The van der Waals surface area contributed by atoms with E-state index in [0.29, 0.717) is 6.42 Å². The second kappa shape index (κ2) is 9.29. The summed E-state index contributed by atoms with van der Waals surface area (Å²) in [5.41, 5.74) is 0.273. The maximum atomic E-state index is 10.7. The van der Waals surface area contributed by atoms with E-state index >= 15 is 0 Å². The molecule has 0 aromatic heterocycles. The van der Waals surface area contributed by atoms with Crippen LogP contribution in [-0.4, -0.2) is 52.9 Å². The van der Waals surface area contributed by atoms with E-state index < -0.39 is 18.7 Å². The average Bonchev–Trinajstić information content (AvgIpc) is 2.81. The number of likely N-dealkylation sites (tertiary alicyclic amines) is 1. The maximum Gasteiger partial charge on any atom is 0.333 e. The third-order valence-electron chi connectivity index (χ3n) is 2.30. The molecule has 6 heteroatoms. The normalized spacial score (nSPS) is 15.3. The molecule has 1 saturated heterocycles. The predicted molar refractivity (Wildman–Crippen MR) is 70.0 cm³/mol. The first-order valence-corrected chi connectivity index (χ1v) is 5.96. The summed E-state index contributed by atoms with van der Waals surface area (Å²) in [7, 11) is 0. The Labute approximate surface area is 113 Å². The van der Waals surface area contributed by atoms with Crippen molar-refractivity contribution in [3.05, 3.63) is 24.9 Å². The largest absolute Gasteiger partial charge is 0.460 e. The number of nitrogens with zero attached hydrogens (tertiary/aromatic N) is 1. The lowest BCUT2D eigenvalue weighted by molar-refractivity contribution is -0.142. The first kappa shape index (κ1) is 17.3. The Balaban J connectivity index is 0.000000356. The quantitative estimate of drug-likeness (QED) is 0.551. The molecule has 1 fully saturated rings. The van der Waals surface area contributed by atoms with E-state index in [2.05, 4.69) is 17.9 Å². The molecule has 0 saturated carbocycles. The van der Waals surface area contributed by atoms with Crippen LogP contribution >= 0.6 is 0 Å². The van der Waals surface area contributed by atoms with Crippen molar-refractivity contribution in [3.63, 3.8) is 0 Å². The van der Waals surface area contributed by atoms with Crippen LogP contribution in [0.15, 0.2) is 24.9 Å². The molecule has 1 atom stereocenters. The Morgan fingerprint density at radius 2 is 2.26 bits per heavy atom. The van der Waals surface area contributed by atoms with Crippen LogP contribution in [0.25, 0.3) is 0 Å². The van der Waals surface area contributed by atoms with Gasteiger partial charge in [0.1, 0.15) is 12.7 Å². The lowest BCUT2D eigenvalue weighted by Crippen LogP contribution is -2.22. The molecule has 0 aliphatic carbocycles. The molecule has 0 aromatic rings.